The first-order valence-corrected chi connectivity index (χ1v) is 6.10. The maximum atomic E-state index is 12.9. The van der Waals surface area contributed by atoms with Crippen molar-refractivity contribution in [3.8, 4) is 0 Å². The molecule has 1 heterocycles. The van der Waals surface area contributed by atoms with E-state index in [0.717, 1.165) is 30.8 Å². The van der Waals surface area contributed by atoms with Gasteiger partial charge < -0.3 is 10.6 Å². The van der Waals surface area contributed by atoms with Crippen LogP contribution in [-0.4, -0.2) is 6.54 Å². The van der Waals surface area contributed by atoms with Gasteiger partial charge in [-0.3, -0.25) is 0 Å². The molecule has 2 aromatic rings. The van der Waals surface area contributed by atoms with E-state index in [-0.39, 0.29) is 5.82 Å². The fourth-order valence-electron chi connectivity index (χ4n) is 2.46. The molecule has 0 aromatic heterocycles. The number of fused-ring (bicyclic) bond motifs is 1. The first-order valence-electron chi connectivity index (χ1n) is 6.10. The van der Waals surface area contributed by atoms with E-state index >= 15 is 0 Å². The summed E-state index contributed by atoms with van der Waals surface area (Å²) >= 11 is 0. The number of hydrogen-bond acceptors (Lipinski definition) is 2. The molecule has 0 amide bonds. The van der Waals surface area contributed by atoms with E-state index in [4.69, 9.17) is 5.73 Å². The Bertz CT molecular complexity index is 563. The Hall–Kier alpha value is -2.03. The fourth-order valence-corrected chi connectivity index (χ4v) is 2.46. The number of hydrogen-bond donors (Lipinski definition) is 1. The molecule has 0 aliphatic carbocycles. The molecule has 2 nitrogen and oxygen atoms in total. The minimum atomic E-state index is -0.187. The largest absolute Gasteiger partial charge is 0.399 e. The van der Waals surface area contributed by atoms with Crippen molar-refractivity contribution in [3.63, 3.8) is 0 Å². The molecular weight excluding hydrogens is 227 g/mol. The minimum absolute atomic E-state index is 0.187. The van der Waals surface area contributed by atoms with Crippen LogP contribution in [0.3, 0.4) is 0 Å². The van der Waals surface area contributed by atoms with Crippen LogP contribution in [-0.2, 0) is 13.0 Å². The Morgan fingerprint density at radius 1 is 1.11 bits per heavy atom. The molecule has 0 fully saturated rings. The lowest BCUT2D eigenvalue weighted by Gasteiger charge is -2.19. The highest BCUT2D eigenvalue weighted by atomic mass is 19.1. The van der Waals surface area contributed by atoms with Gasteiger partial charge in [0.15, 0.2) is 0 Å². The molecule has 0 saturated carbocycles. The van der Waals surface area contributed by atoms with Crippen LogP contribution in [0.15, 0.2) is 42.5 Å². The zero-order valence-electron chi connectivity index (χ0n) is 10.1. The average molecular weight is 242 g/mol. The van der Waals surface area contributed by atoms with Gasteiger partial charge in [-0.15, -0.1) is 0 Å². The van der Waals surface area contributed by atoms with Crippen LogP contribution in [0, 0.1) is 5.82 Å². The van der Waals surface area contributed by atoms with E-state index in [9.17, 15) is 4.39 Å². The van der Waals surface area contributed by atoms with Crippen LogP contribution in [0.1, 0.15) is 11.1 Å². The number of nitrogens with two attached hydrogens (primary N) is 1. The summed E-state index contributed by atoms with van der Waals surface area (Å²) in [5, 5.41) is 0. The summed E-state index contributed by atoms with van der Waals surface area (Å²) in [7, 11) is 0. The van der Waals surface area contributed by atoms with Crippen molar-refractivity contribution in [2.45, 2.75) is 13.0 Å². The van der Waals surface area contributed by atoms with Gasteiger partial charge in [0.2, 0.25) is 0 Å². The summed E-state index contributed by atoms with van der Waals surface area (Å²) in [5.74, 6) is -0.187. The van der Waals surface area contributed by atoms with Crippen LogP contribution in [0.5, 0.6) is 0 Å². The highest BCUT2D eigenvalue weighted by Gasteiger charge is 2.18. The van der Waals surface area contributed by atoms with Crippen molar-refractivity contribution < 1.29 is 4.39 Å². The summed E-state index contributed by atoms with van der Waals surface area (Å²) in [5.41, 5.74) is 10.3. The highest BCUT2D eigenvalue weighted by Crippen LogP contribution is 2.30. The Kier molecular flexibility index (Phi) is 2.67. The molecule has 92 valence electrons. The SMILES string of the molecule is Nc1ccc2c(c1)CCN2Cc1ccc(F)cc1. The van der Waals surface area contributed by atoms with E-state index in [1.54, 1.807) is 0 Å². The molecule has 1 aliphatic heterocycles. The van der Waals surface area contributed by atoms with Crippen molar-refractivity contribution in [1.82, 2.24) is 0 Å². The number of anilines is 2. The van der Waals surface area contributed by atoms with Crippen molar-refractivity contribution in [1.29, 1.82) is 0 Å². The van der Waals surface area contributed by atoms with Crippen LogP contribution in [0.4, 0.5) is 15.8 Å². The van der Waals surface area contributed by atoms with Crippen LogP contribution >= 0.6 is 0 Å². The van der Waals surface area contributed by atoms with Gasteiger partial charge in [0.25, 0.3) is 0 Å². The number of benzene rings is 2. The van der Waals surface area contributed by atoms with E-state index in [0.29, 0.717) is 0 Å². The third kappa shape index (κ3) is 2.04. The lowest BCUT2D eigenvalue weighted by molar-refractivity contribution is 0.626. The quantitative estimate of drug-likeness (QED) is 0.820. The molecule has 18 heavy (non-hydrogen) atoms. The van der Waals surface area contributed by atoms with Gasteiger partial charge in [0.1, 0.15) is 5.82 Å². The molecule has 0 bridgehead atoms. The fraction of sp³-hybridized carbons (Fsp3) is 0.200. The molecule has 0 atom stereocenters. The van der Waals surface area contributed by atoms with Gasteiger partial charge in [0, 0.05) is 24.5 Å². The standard InChI is InChI=1S/C15H15FN2/c16-13-3-1-11(2-4-13)10-18-8-7-12-9-14(17)5-6-15(12)18/h1-6,9H,7-8,10,17H2. The van der Waals surface area contributed by atoms with Crippen molar-refractivity contribution >= 4 is 11.4 Å². The van der Waals surface area contributed by atoms with Gasteiger partial charge >= 0.3 is 0 Å². The lowest BCUT2D eigenvalue weighted by atomic mass is 10.1. The monoisotopic (exact) mass is 242 g/mol. The van der Waals surface area contributed by atoms with Crippen LogP contribution in [0.25, 0.3) is 0 Å². The van der Waals surface area contributed by atoms with Crippen LogP contribution < -0.4 is 10.6 Å². The second-order valence-corrected chi connectivity index (χ2v) is 4.69. The molecule has 3 heteroatoms. The number of nitrogens with zero attached hydrogens (tertiary/aromatic N) is 1. The number of nitrogen functional groups attached to an aromatic ring is 1. The van der Waals surface area contributed by atoms with Gasteiger partial charge in [-0.05, 0) is 47.9 Å². The van der Waals surface area contributed by atoms with Crippen LogP contribution in [0.2, 0.25) is 0 Å². The Morgan fingerprint density at radius 3 is 2.67 bits per heavy atom. The third-order valence-corrected chi connectivity index (χ3v) is 3.38. The highest BCUT2D eigenvalue weighted by molar-refractivity contribution is 5.63. The summed E-state index contributed by atoms with van der Waals surface area (Å²) < 4.78 is 12.9. The molecule has 0 spiro atoms. The number of rotatable bonds is 2. The topological polar surface area (TPSA) is 29.3 Å². The van der Waals surface area contributed by atoms with E-state index in [1.165, 1.54) is 23.4 Å². The predicted octanol–water partition coefficient (Wildman–Crippen LogP) is 2.97. The van der Waals surface area contributed by atoms with E-state index < -0.39 is 0 Å². The lowest BCUT2D eigenvalue weighted by Crippen LogP contribution is -2.19. The Morgan fingerprint density at radius 2 is 1.89 bits per heavy atom. The molecule has 2 N–H and O–H groups in total. The van der Waals surface area contributed by atoms with Gasteiger partial charge in [0.05, 0.1) is 0 Å². The Labute approximate surface area is 106 Å². The third-order valence-electron chi connectivity index (χ3n) is 3.38. The van der Waals surface area contributed by atoms with Gasteiger partial charge in [-0.25, -0.2) is 4.39 Å². The molecule has 3 rings (SSSR count). The van der Waals surface area contributed by atoms with Crippen molar-refractivity contribution in [2.24, 2.45) is 0 Å². The smallest absolute Gasteiger partial charge is 0.123 e. The second-order valence-electron chi connectivity index (χ2n) is 4.69. The Balaban J connectivity index is 1.82. The van der Waals surface area contributed by atoms with Gasteiger partial charge in [-0.1, -0.05) is 12.1 Å². The molecule has 2 aromatic carbocycles. The molecule has 1 aliphatic rings. The second kappa shape index (κ2) is 4.33. The molecule has 0 unspecified atom stereocenters. The van der Waals surface area contributed by atoms with Gasteiger partial charge in [-0.2, -0.15) is 0 Å². The maximum Gasteiger partial charge on any atom is 0.123 e. The van der Waals surface area contributed by atoms with E-state index in [2.05, 4.69) is 11.0 Å². The number of halogens is 1. The zero-order valence-corrected chi connectivity index (χ0v) is 10.1. The minimum Gasteiger partial charge on any atom is -0.399 e. The first-order chi connectivity index (χ1) is 8.72. The first kappa shape index (κ1) is 11.1. The summed E-state index contributed by atoms with van der Waals surface area (Å²) in [6.07, 6.45) is 1.03. The normalized spacial score (nSPS) is 13.7. The van der Waals surface area contributed by atoms with Crippen molar-refractivity contribution in [3.05, 3.63) is 59.4 Å². The van der Waals surface area contributed by atoms with Crippen molar-refractivity contribution in [2.75, 3.05) is 17.2 Å². The average Bonchev–Trinajstić information content (AvgIpc) is 2.74. The summed E-state index contributed by atoms with van der Waals surface area (Å²) in [6, 6.07) is 12.7. The van der Waals surface area contributed by atoms with E-state index in [1.807, 2.05) is 24.3 Å². The molecule has 0 saturated heterocycles. The molecule has 0 radical (unpaired) electrons. The summed E-state index contributed by atoms with van der Waals surface area (Å²) in [6.45, 7) is 1.81. The predicted molar refractivity (Wildman–Crippen MR) is 72.0 cm³/mol. The summed E-state index contributed by atoms with van der Waals surface area (Å²) in [4.78, 5) is 2.31. The zero-order chi connectivity index (χ0) is 12.5. The molecular formula is C15H15FN2. The maximum absolute atomic E-state index is 12.9.